The van der Waals surface area contributed by atoms with E-state index < -0.39 is 17.9 Å². The van der Waals surface area contributed by atoms with Gasteiger partial charge in [0.2, 0.25) is 11.9 Å². The molecule has 2 aromatic rings. The minimum absolute atomic E-state index is 0.124. The molecule has 0 saturated carbocycles. The highest BCUT2D eigenvalue weighted by molar-refractivity contribution is 5.85. The van der Waals surface area contributed by atoms with Crippen molar-refractivity contribution in [2.75, 3.05) is 18.4 Å². The van der Waals surface area contributed by atoms with Crippen LogP contribution in [0.25, 0.3) is 5.69 Å². The molecule has 9 nitrogen and oxygen atoms in total. The highest BCUT2D eigenvalue weighted by Crippen LogP contribution is 2.19. The van der Waals surface area contributed by atoms with Crippen molar-refractivity contribution in [3.63, 3.8) is 0 Å². The van der Waals surface area contributed by atoms with E-state index in [0.717, 1.165) is 5.69 Å². The molecule has 138 valence electrons. The molecule has 26 heavy (non-hydrogen) atoms. The molecule has 0 bridgehead atoms. The molecule has 1 amide bonds. The molecular weight excluding hydrogens is 336 g/mol. The number of carboxylic acids is 1. The van der Waals surface area contributed by atoms with Crippen molar-refractivity contribution in [1.82, 2.24) is 25.1 Å². The number of carbonyl (C=O) groups is 2. The van der Waals surface area contributed by atoms with Gasteiger partial charge in [-0.05, 0) is 41.8 Å². The fourth-order valence-electron chi connectivity index (χ4n) is 3.11. The third kappa shape index (κ3) is 3.81. The van der Waals surface area contributed by atoms with Crippen LogP contribution in [0.5, 0.6) is 0 Å². The number of nitrogens with one attached hydrogen (secondary N) is 1. The van der Waals surface area contributed by atoms with Crippen molar-refractivity contribution in [3.8, 4) is 5.69 Å². The Labute approximate surface area is 151 Å². The van der Waals surface area contributed by atoms with Crippen LogP contribution in [0.1, 0.15) is 26.2 Å². The van der Waals surface area contributed by atoms with Crippen LogP contribution in [0, 0.1) is 5.92 Å². The van der Waals surface area contributed by atoms with Gasteiger partial charge in [-0.3, -0.25) is 9.59 Å². The molecule has 9 heteroatoms. The van der Waals surface area contributed by atoms with Crippen molar-refractivity contribution in [1.29, 1.82) is 0 Å². The number of piperidine rings is 1. The number of tetrazole rings is 1. The summed E-state index contributed by atoms with van der Waals surface area (Å²) in [6, 6.07) is 8.87. The number of benzene rings is 1. The average Bonchev–Trinajstić information content (AvgIpc) is 3.14. The van der Waals surface area contributed by atoms with E-state index in [1.165, 1.54) is 4.68 Å². The minimum atomic E-state index is -0.850. The average molecular weight is 358 g/mol. The van der Waals surface area contributed by atoms with Gasteiger partial charge in [-0.15, -0.1) is 0 Å². The topological polar surface area (TPSA) is 113 Å². The van der Waals surface area contributed by atoms with Gasteiger partial charge < -0.3 is 15.3 Å². The van der Waals surface area contributed by atoms with Crippen LogP contribution in [-0.4, -0.2) is 61.2 Å². The van der Waals surface area contributed by atoms with E-state index in [2.05, 4.69) is 20.8 Å². The summed E-state index contributed by atoms with van der Waals surface area (Å²) in [6.45, 7) is 2.71. The van der Waals surface area contributed by atoms with Gasteiger partial charge >= 0.3 is 5.97 Å². The lowest BCUT2D eigenvalue weighted by atomic mass is 9.97. The van der Waals surface area contributed by atoms with E-state index in [0.29, 0.717) is 31.8 Å². The van der Waals surface area contributed by atoms with E-state index in [1.54, 1.807) is 4.90 Å². The number of likely N-dealkylation sites (tertiary alicyclic amines) is 1. The first-order chi connectivity index (χ1) is 12.6. The molecule has 2 unspecified atom stereocenters. The molecule has 2 atom stereocenters. The van der Waals surface area contributed by atoms with Gasteiger partial charge in [0, 0.05) is 13.1 Å². The summed E-state index contributed by atoms with van der Waals surface area (Å²) < 4.78 is 1.53. The summed E-state index contributed by atoms with van der Waals surface area (Å²) in [7, 11) is 0. The molecule has 1 saturated heterocycles. The fourth-order valence-corrected chi connectivity index (χ4v) is 3.11. The van der Waals surface area contributed by atoms with Crippen LogP contribution in [0.3, 0.4) is 0 Å². The fraction of sp³-hybridized carbons (Fsp3) is 0.471. The highest BCUT2D eigenvalue weighted by atomic mass is 16.4. The van der Waals surface area contributed by atoms with Crippen LogP contribution < -0.4 is 5.32 Å². The standard InChI is InChI=1S/C17H22N6O3/c1-2-14(15(24)22-10-6-7-12(11-22)16(25)26)18-17-19-20-21-23(17)13-8-4-3-5-9-13/h3-5,8-9,12,14H,2,6-7,10-11H2,1H3,(H,25,26)(H,18,19,21). The lowest BCUT2D eigenvalue weighted by Crippen LogP contribution is -2.48. The third-order valence-corrected chi connectivity index (χ3v) is 4.56. The Balaban J connectivity index is 1.73. The lowest BCUT2D eigenvalue weighted by molar-refractivity contribution is -0.145. The van der Waals surface area contributed by atoms with Crippen LogP contribution in [-0.2, 0) is 9.59 Å². The third-order valence-electron chi connectivity index (χ3n) is 4.56. The van der Waals surface area contributed by atoms with E-state index in [9.17, 15) is 14.7 Å². The summed E-state index contributed by atoms with van der Waals surface area (Å²) in [5, 5.41) is 24.0. The van der Waals surface area contributed by atoms with Crippen molar-refractivity contribution in [3.05, 3.63) is 30.3 Å². The Kier molecular flexibility index (Phi) is 5.45. The Morgan fingerprint density at radius 2 is 2.12 bits per heavy atom. The van der Waals surface area contributed by atoms with Crippen molar-refractivity contribution in [2.45, 2.75) is 32.2 Å². The second kappa shape index (κ2) is 7.94. The van der Waals surface area contributed by atoms with Crippen molar-refractivity contribution >= 4 is 17.8 Å². The van der Waals surface area contributed by atoms with Crippen LogP contribution >= 0.6 is 0 Å². The second-order valence-electron chi connectivity index (χ2n) is 6.32. The predicted molar refractivity (Wildman–Crippen MR) is 93.8 cm³/mol. The lowest BCUT2D eigenvalue weighted by Gasteiger charge is -2.33. The number of carboxylic acid groups (broad SMARTS) is 1. The van der Waals surface area contributed by atoms with Crippen LogP contribution in [0.15, 0.2) is 30.3 Å². The first kappa shape index (κ1) is 17.8. The van der Waals surface area contributed by atoms with E-state index in [-0.39, 0.29) is 12.5 Å². The summed E-state index contributed by atoms with van der Waals surface area (Å²) in [6.07, 6.45) is 1.84. The van der Waals surface area contributed by atoms with E-state index in [4.69, 9.17) is 0 Å². The Bertz CT molecular complexity index is 763. The number of anilines is 1. The summed E-state index contributed by atoms with van der Waals surface area (Å²) in [5.74, 6) is -1.10. The van der Waals surface area contributed by atoms with Crippen molar-refractivity contribution < 1.29 is 14.7 Å². The van der Waals surface area contributed by atoms with Gasteiger partial charge in [-0.2, -0.15) is 4.68 Å². The monoisotopic (exact) mass is 358 g/mol. The van der Waals surface area contributed by atoms with Gasteiger partial charge in [0.1, 0.15) is 6.04 Å². The summed E-state index contributed by atoms with van der Waals surface area (Å²) in [4.78, 5) is 25.7. The number of aliphatic carboxylic acids is 1. The number of amides is 1. The number of hydrogen-bond donors (Lipinski definition) is 2. The normalized spacial score (nSPS) is 18.3. The Morgan fingerprint density at radius 1 is 1.35 bits per heavy atom. The zero-order valence-corrected chi connectivity index (χ0v) is 14.6. The molecule has 1 aliphatic rings. The highest BCUT2D eigenvalue weighted by Gasteiger charge is 2.31. The minimum Gasteiger partial charge on any atom is -0.481 e. The van der Waals surface area contributed by atoms with Gasteiger partial charge in [-0.25, -0.2) is 0 Å². The first-order valence-corrected chi connectivity index (χ1v) is 8.72. The Hall–Kier alpha value is -2.97. The second-order valence-corrected chi connectivity index (χ2v) is 6.32. The SMILES string of the molecule is CCC(Nc1nnnn1-c1ccccc1)C(=O)N1CCCC(C(=O)O)C1. The van der Waals surface area contributed by atoms with Gasteiger partial charge in [0.15, 0.2) is 0 Å². The molecule has 1 aromatic heterocycles. The maximum atomic E-state index is 12.9. The molecule has 2 N–H and O–H groups in total. The molecule has 0 spiro atoms. The number of hydrogen-bond acceptors (Lipinski definition) is 6. The predicted octanol–water partition coefficient (Wildman–Crippen LogP) is 1.18. The number of para-hydroxylation sites is 1. The molecule has 1 aromatic carbocycles. The zero-order chi connectivity index (χ0) is 18.5. The first-order valence-electron chi connectivity index (χ1n) is 8.72. The number of aromatic nitrogens is 4. The number of carbonyl (C=O) groups excluding carboxylic acids is 1. The molecule has 1 aliphatic heterocycles. The van der Waals surface area contributed by atoms with Crippen molar-refractivity contribution in [2.24, 2.45) is 5.92 Å². The number of rotatable bonds is 6. The van der Waals surface area contributed by atoms with E-state index in [1.807, 2.05) is 37.3 Å². The molecule has 1 fully saturated rings. The quantitative estimate of drug-likeness (QED) is 0.797. The maximum Gasteiger partial charge on any atom is 0.308 e. The molecule has 0 radical (unpaired) electrons. The molecule has 3 rings (SSSR count). The zero-order valence-electron chi connectivity index (χ0n) is 14.6. The largest absolute Gasteiger partial charge is 0.481 e. The van der Waals surface area contributed by atoms with Crippen LogP contribution in [0.4, 0.5) is 5.95 Å². The van der Waals surface area contributed by atoms with Gasteiger partial charge in [0.05, 0.1) is 11.6 Å². The summed E-state index contributed by atoms with van der Waals surface area (Å²) >= 11 is 0. The van der Waals surface area contributed by atoms with E-state index >= 15 is 0 Å². The Morgan fingerprint density at radius 3 is 2.81 bits per heavy atom. The smallest absolute Gasteiger partial charge is 0.308 e. The molecular formula is C17H22N6O3. The van der Waals surface area contributed by atoms with Gasteiger partial charge in [0.25, 0.3) is 0 Å². The van der Waals surface area contributed by atoms with Gasteiger partial charge in [-0.1, -0.05) is 30.2 Å². The van der Waals surface area contributed by atoms with Crippen LogP contribution in [0.2, 0.25) is 0 Å². The molecule has 2 heterocycles. The molecule has 0 aliphatic carbocycles. The maximum absolute atomic E-state index is 12.9. The summed E-state index contributed by atoms with van der Waals surface area (Å²) in [5.41, 5.74) is 0.784. The number of nitrogens with zero attached hydrogens (tertiary/aromatic N) is 5.